The molecule has 5 heteroatoms. The van der Waals surface area contributed by atoms with E-state index in [1.54, 1.807) is 18.7 Å². The molecule has 110 valence electrons. The van der Waals surface area contributed by atoms with E-state index >= 15 is 0 Å². The highest BCUT2D eigenvalue weighted by Crippen LogP contribution is 2.34. The molecule has 0 aromatic carbocycles. The maximum atomic E-state index is 12.3. The molecule has 1 aliphatic rings. The second-order valence-corrected chi connectivity index (χ2v) is 5.57. The summed E-state index contributed by atoms with van der Waals surface area (Å²) < 4.78 is 0. The van der Waals surface area contributed by atoms with Crippen molar-refractivity contribution in [3.8, 4) is 0 Å². The predicted molar refractivity (Wildman–Crippen MR) is 71.6 cm³/mol. The molecule has 1 amide bonds. The van der Waals surface area contributed by atoms with E-state index in [-0.39, 0.29) is 30.9 Å². The molecule has 5 nitrogen and oxygen atoms in total. The van der Waals surface area contributed by atoms with Crippen LogP contribution in [0, 0.1) is 11.3 Å². The topological polar surface area (TPSA) is 77.8 Å². The van der Waals surface area contributed by atoms with E-state index in [0.29, 0.717) is 19.4 Å². The number of aliphatic carboxylic acids is 1. The number of aliphatic hydroxyl groups excluding tert-OH is 1. The van der Waals surface area contributed by atoms with Crippen LogP contribution in [-0.2, 0) is 9.59 Å². The molecule has 0 aliphatic carbocycles. The van der Waals surface area contributed by atoms with Crippen LogP contribution in [0.1, 0.15) is 46.5 Å². The summed E-state index contributed by atoms with van der Waals surface area (Å²) in [5.74, 6) is -0.774. The first kappa shape index (κ1) is 16.0. The molecular formula is C14H25NO4. The van der Waals surface area contributed by atoms with Gasteiger partial charge in [-0.2, -0.15) is 0 Å². The van der Waals surface area contributed by atoms with Gasteiger partial charge >= 0.3 is 5.97 Å². The molecule has 0 spiro atoms. The molecule has 1 fully saturated rings. The summed E-state index contributed by atoms with van der Waals surface area (Å²) in [5.41, 5.74) is -0.969. The van der Waals surface area contributed by atoms with Crippen LogP contribution in [0.25, 0.3) is 0 Å². The van der Waals surface area contributed by atoms with Crippen molar-refractivity contribution >= 4 is 11.9 Å². The van der Waals surface area contributed by atoms with Gasteiger partial charge in [0.05, 0.1) is 18.1 Å². The second kappa shape index (κ2) is 6.37. The number of aliphatic hydroxyl groups is 1. The summed E-state index contributed by atoms with van der Waals surface area (Å²) in [4.78, 5) is 25.4. The third kappa shape index (κ3) is 3.08. The van der Waals surface area contributed by atoms with E-state index in [4.69, 9.17) is 0 Å². The van der Waals surface area contributed by atoms with E-state index in [1.807, 2.05) is 6.92 Å². The van der Waals surface area contributed by atoms with E-state index in [0.717, 1.165) is 6.42 Å². The van der Waals surface area contributed by atoms with Gasteiger partial charge in [0.25, 0.3) is 0 Å². The molecule has 1 rings (SSSR count). The van der Waals surface area contributed by atoms with Crippen molar-refractivity contribution in [3.05, 3.63) is 0 Å². The molecule has 0 aromatic heterocycles. The Kier molecular flexibility index (Phi) is 5.35. The number of nitrogens with zero attached hydrogens (tertiary/aromatic N) is 1. The molecule has 2 unspecified atom stereocenters. The van der Waals surface area contributed by atoms with Gasteiger partial charge < -0.3 is 15.1 Å². The Hall–Kier alpha value is -1.10. The number of hydrogen-bond acceptors (Lipinski definition) is 3. The monoisotopic (exact) mass is 271 g/mol. The first-order valence-corrected chi connectivity index (χ1v) is 7.05. The van der Waals surface area contributed by atoms with Crippen molar-refractivity contribution in [3.63, 3.8) is 0 Å². The summed E-state index contributed by atoms with van der Waals surface area (Å²) in [6.45, 7) is 6.19. The van der Waals surface area contributed by atoms with Crippen LogP contribution < -0.4 is 0 Å². The number of rotatable bonds is 6. The van der Waals surface area contributed by atoms with Crippen LogP contribution in [0.15, 0.2) is 0 Å². The van der Waals surface area contributed by atoms with Gasteiger partial charge in [-0.3, -0.25) is 9.59 Å². The largest absolute Gasteiger partial charge is 0.481 e. The normalized spacial score (nSPS) is 23.7. The van der Waals surface area contributed by atoms with Crippen molar-refractivity contribution in [2.45, 2.75) is 52.5 Å². The summed E-state index contributed by atoms with van der Waals surface area (Å²) in [7, 11) is 0. The first-order chi connectivity index (χ1) is 8.91. The summed E-state index contributed by atoms with van der Waals surface area (Å²) >= 11 is 0. The fourth-order valence-corrected chi connectivity index (χ4v) is 2.87. The lowest BCUT2D eigenvalue weighted by atomic mass is 9.79. The third-order valence-electron chi connectivity index (χ3n) is 4.69. The van der Waals surface area contributed by atoms with Gasteiger partial charge in [0, 0.05) is 13.0 Å². The zero-order chi connectivity index (χ0) is 14.6. The average Bonchev–Trinajstić information content (AvgIpc) is 2.76. The van der Waals surface area contributed by atoms with Crippen LogP contribution in [0.2, 0.25) is 0 Å². The Bertz CT molecular complexity index is 338. The maximum absolute atomic E-state index is 12.3. The standard InChI is InChI=1S/C14H25NO4/c1-4-14(5-2,13(18)19)8-12(17)15-7-6-10(3)11(15)9-16/h10-11,16H,4-9H2,1-3H3,(H,18,19). The van der Waals surface area contributed by atoms with E-state index in [9.17, 15) is 19.8 Å². The molecule has 0 radical (unpaired) electrons. The quantitative estimate of drug-likeness (QED) is 0.767. The van der Waals surface area contributed by atoms with Crippen molar-refractivity contribution in [1.29, 1.82) is 0 Å². The Morgan fingerprint density at radius 2 is 1.89 bits per heavy atom. The van der Waals surface area contributed by atoms with Gasteiger partial charge in [0.2, 0.25) is 5.91 Å². The molecule has 2 N–H and O–H groups in total. The van der Waals surface area contributed by atoms with Crippen molar-refractivity contribution < 1.29 is 19.8 Å². The Labute approximate surface area is 114 Å². The fraction of sp³-hybridized carbons (Fsp3) is 0.857. The molecule has 1 saturated heterocycles. The van der Waals surface area contributed by atoms with Gasteiger partial charge in [-0.1, -0.05) is 20.8 Å². The van der Waals surface area contributed by atoms with Crippen LogP contribution in [0.5, 0.6) is 0 Å². The molecule has 0 saturated carbocycles. The number of carbonyl (C=O) groups is 2. The zero-order valence-electron chi connectivity index (χ0n) is 12.1. The van der Waals surface area contributed by atoms with E-state index < -0.39 is 11.4 Å². The first-order valence-electron chi connectivity index (χ1n) is 7.05. The average molecular weight is 271 g/mol. The molecule has 2 atom stereocenters. The van der Waals surface area contributed by atoms with Gasteiger partial charge in [0.1, 0.15) is 0 Å². The van der Waals surface area contributed by atoms with Crippen LogP contribution in [0.3, 0.4) is 0 Å². The number of hydrogen-bond donors (Lipinski definition) is 2. The SMILES string of the molecule is CCC(CC)(CC(=O)N1CCC(C)C1CO)C(=O)O. The molecule has 0 bridgehead atoms. The highest BCUT2D eigenvalue weighted by molar-refractivity contribution is 5.85. The zero-order valence-corrected chi connectivity index (χ0v) is 12.1. The van der Waals surface area contributed by atoms with Gasteiger partial charge in [-0.15, -0.1) is 0 Å². The lowest BCUT2D eigenvalue weighted by molar-refractivity contribution is -0.154. The highest BCUT2D eigenvalue weighted by Gasteiger charge is 2.41. The minimum atomic E-state index is -0.969. The Balaban J connectivity index is 2.81. The molecule has 1 heterocycles. The van der Waals surface area contributed by atoms with Crippen LogP contribution in [-0.4, -0.2) is 46.2 Å². The smallest absolute Gasteiger partial charge is 0.310 e. The molecule has 19 heavy (non-hydrogen) atoms. The number of carboxylic acid groups (broad SMARTS) is 1. The maximum Gasteiger partial charge on any atom is 0.310 e. The highest BCUT2D eigenvalue weighted by atomic mass is 16.4. The summed E-state index contributed by atoms with van der Waals surface area (Å²) in [6, 6.07) is -0.160. The second-order valence-electron chi connectivity index (χ2n) is 5.57. The Morgan fingerprint density at radius 1 is 1.32 bits per heavy atom. The van der Waals surface area contributed by atoms with E-state index in [1.165, 1.54) is 0 Å². The minimum Gasteiger partial charge on any atom is -0.481 e. The van der Waals surface area contributed by atoms with Gasteiger partial charge in [-0.25, -0.2) is 0 Å². The van der Waals surface area contributed by atoms with Crippen LogP contribution in [0.4, 0.5) is 0 Å². The fourth-order valence-electron chi connectivity index (χ4n) is 2.87. The summed E-state index contributed by atoms with van der Waals surface area (Å²) in [5, 5.41) is 18.7. The molecule has 1 aliphatic heterocycles. The van der Waals surface area contributed by atoms with Crippen molar-refractivity contribution in [2.24, 2.45) is 11.3 Å². The molecule has 0 aromatic rings. The molecular weight excluding hydrogens is 246 g/mol. The van der Waals surface area contributed by atoms with Crippen molar-refractivity contribution in [1.82, 2.24) is 4.90 Å². The van der Waals surface area contributed by atoms with Gasteiger partial charge in [0.15, 0.2) is 0 Å². The minimum absolute atomic E-state index is 0.0263. The Morgan fingerprint density at radius 3 is 2.32 bits per heavy atom. The number of carboxylic acids is 1. The number of carbonyl (C=O) groups excluding carboxylic acids is 1. The van der Waals surface area contributed by atoms with E-state index in [2.05, 4.69) is 0 Å². The lowest BCUT2D eigenvalue weighted by Gasteiger charge is -2.31. The summed E-state index contributed by atoms with van der Waals surface area (Å²) in [6.07, 6.45) is 1.78. The third-order valence-corrected chi connectivity index (χ3v) is 4.69. The lowest BCUT2D eigenvalue weighted by Crippen LogP contribution is -2.43. The van der Waals surface area contributed by atoms with Crippen molar-refractivity contribution in [2.75, 3.05) is 13.2 Å². The number of amides is 1. The van der Waals surface area contributed by atoms with Crippen LogP contribution >= 0.6 is 0 Å². The van der Waals surface area contributed by atoms with Gasteiger partial charge in [-0.05, 0) is 25.2 Å². The number of likely N-dealkylation sites (tertiary alicyclic amines) is 1. The predicted octanol–water partition coefficient (Wildman–Crippen LogP) is 1.50.